The second-order valence-electron chi connectivity index (χ2n) is 8.24. The van der Waals surface area contributed by atoms with E-state index in [-0.39, 0.29) is 5.54 Å². The summed E-state index contributed by atoms with van der Waals surface area (Å²) in [4.78, 5) is 2.69. The molecule has 0 aromatic rings. The minimum Gasteiger partial charge on any atom is -0.381 e. The summed E-state index contributed by atoms with van der Waals surface area (Å²) < 4.78 is 5.85. The molecular weight excluding hydrogens is 248 g/mol. The zero-order chi connectivity index (χ0) is 14.6. The molecule has 2 atom stereocenters. The van der Waals surface area contributed by atoms with Gasteiger partial charge in [-0.25, -0.2) is 0 Å². The molecule has 0 aromatic carbocycles. The lowest BCUT2D eigenvalue weighted by Crippen LogP contribution is -2.53. The van der Waals surface area contributed by atoms with E-state index in [1.807, 2.05) is 0 Å². The third-order valence-corrected chi connectivity index (χ3v) is 4.70. The van der Waals surface area contributed by atoms with Crippen molar-refractivity contribution in [1.29, 1.82) is 0 Å². The van der Waals surface area contributed by atoms with Crippen LogP contribution < -0.4 is 5.32 Å². The molecule has 20 heavy (non-hydrogen) atoms. The van der Waals surface area contributed by atoms with Crippen LogP contribution in [-0.4, -0.2) is 49.8 Å². The van der Waals surface area contributed by atoms with Crippen molar-refractivity contribution in [2.45, 2.75) is 58.9 Å². The van der Waals surface area contributed by atoms with E-state index < -0.39 is 0 Å². The average molecular weight is 282 g/mol. The molecule has 1 N–H and O–H groups in total. The largest absolute Gasteiger partial charge is 0.381 e. The fourth-order valence-corrected chi connectivity index (χ4v) is 3.59. The van der Waals surface area contributed by atoms with E-state index >= 15 is 0 Å². The summed E-state index contributed by atoms with van der Waals surface area (Å²) in [7, 11) is 0. The Bertz CT molecular complexity index is 292. The van der Waals surface area contributed by atoms with Gasteiger partial charge in [0.25, 0.3) is 0 Å². The normalized spacial score (nSPS) is 33.3. The van der Waals surface area contributed by atoms with Crippen LogP contribution >= 0.6 is 0 Å². The first kappa shape index (κ1) is 16.3. The van der Waals surface area contributed by atoms with Gasteiger partial charge in [0.05, 0.1) is 6.61 Å². The molecule has 2 unspecified atom stereocenters. The molecule has 118 valence electrons. The molecule has 2 heterocycles. The Hall–Kier alpha value is -0.120. The van der Waals surface area contributed by atoms with Crippen LogP contribution in [0.15, 0.2) is 0 Å². The number of nitrogens with one attached hydrogen (secondary N) is 1. The van der Waals surface area contributed by atoms with Crippen molar-refractivity contribution in [3.8, 4) is 0 Å². The molecule has 2 fully saturated rings. The van der Waals surface area contributed by atoms with Gasteiger partial charge >= 0.3 is 0 Å². The van der Waals surface area contributed by atoms with E-state index in [9.17, 15) is 0 Å². The number of likely N-dealkylation sites (tertiary alicyclic amines) is 1. The molecule has 0 bridgehead atoms. The van der Waals surface area contributed by atoms with Gasteiger partial charge in [-0.3, -0.25) is 0 Å². The Morgan fingerprint density at radius 2 is 2.10 bits per heavy atom. The molecule has 0 amide bonds. The third kappa shape index (κ3) is 5.01. The van der Waals surface area contributed by atoms with E-state index in [0.29, 0.717) is 5.41 Å². The Labute approximate surface area is 125 Å². The molecule has 0 aliphatic carbocycles. The summed E-state index contributed by atoms with van der Waals surface area (Å²) in [5.41, 5.74) is 0.516. The number of rotatable bonds is 4. The maximum Gasteiger partial charge on any atom is 0.0546 e. The highest BCUT2D eigenvalue weighted by atomic mass is 16.5. The van der Waals surface area contributed by atoms with Crippen LogP contribution in [0.1, 0.15) is 53.4 Å². The van der Waals surface area contributed by atoms with Crippen molar-refractivity contribution in [2.75, 3.05) is 39.4 Å². The molecule has 2 rings (SSSR count). The highest BCUT2D eigenvalue weighted by Gasteiger charge is 2.36. The lowest BCUT2D eigenvalue weighted by atomic mass is 9.80. The molecule has 0 radical (unpaired) electrons. The Balaban J connectivity index is 1.95. The fourth-order valence-electron chi connectivity index (χ4n) is 3.59. The summed E-state index contributed by atoms with van der Waals surface area (Å²) in [6.07, 6.45) is 5.29. The summed E-state index contributed by atoms with van der Waals surface area (Å²) in [5.74, 6) is 0.862. The smallest absolute Gasteiger partial charge is 0.0546 e. The van der Waals surface area contributed by atoms with Crippen molar-refractivity contribution < 1.29 is 4.74 Å². The van der Waals surface area contributed by atoms with E-state index in [1.54, 1.807) is 0 Å². The summed E-state index contributed by atoms with van der Waals surface area (Å²) in [6.45, 7) is 15.9. The van der Waals surface area contributed by atoms with Crippen molar-refractivity contribution in [3.05, 3.63) is 0 Å². The van der Waals surface area contributed by atoms with Crippen LogP contribution in [0.3, 0.4) is 0 Å². The van der Waals surface area contributed by atoms with Crippen molar-refractivity contribution >= 4 is 0 Å². The zero-order valence-electron chi connectivity index (χ0n) is 14.0. The fraction of sp³-hybridized carbons (Fsp3) is 1.00. The predicted octanol–water partition coefficient (Wildman–Crippen LogP) is 2.90. The third-order valence-electron chi connectivity index (χ3n) is 4.70. The van der Waals surface area contributed by atoms with Gasteiger partial charge in [-0.05, 0) is 58.9 Å². The van der Waals surface area contributed by atoms with Gasteiger partial charge in [-0.1, -0.05) is 6.92 Å². The first-order valence-corrected chi connectivity index (χ1v) is 8.44. The molecule has 3 nitrogen and oxygen atoms in total. The second kappa shape index (κ2) is 6.76. The first-order valence-electron chi connectivity index (χ1n) is 8.44. The number of hydrogen-bond acceptors (Lipinski definition) is 3. The second-order valence-corrected chi connectivity index (χ2v) is 8.24. The van der Waals surface area contributed by atoms with Gasteiger partial charge in [0, 0.05) is 37.2 Å². The van der Waals surface area contributed by atoms with E-state index in [4.69, 9.17) is 4.74 Å². The van der Waals surface area contributed by atoms with Crippen LogP contribution in [0, 0.1) is 11.3 Å². The molecular formula is C17H34N2O. The lowest BCUT2D eigenvalue weighted by molar-refractivity contribution is -0.0339. The summed E-state index contributed by atoms with van der Waals surface area (Å²) >= 11 is 0. The summed E-state index contributed by atoms with van der Waals surface area (Å²) in [6, 6.07) is 0. The minimum absolute atomic E-state index is 0.194. The maximum absolute atomic E-state index is 5.85. The molecule has 3 heteroatoms. The standard InChI is InChI=1S/C17H34N2O/c1-15-7-5-9-19(11-15)13-17(8-6-10-20-14-17)12-18-16(2,3)4/h15,18H,5-14H2,1-4H3. The van der Waals surface area contributed by atoms with Crippen molar-refractivity contribution in [3.63, 3.8) is 0 Å². The van der Waals surface area contributed by atoms with Crippen LogP contribution in [-0.2, 0) is 4.74 Å². The van der Waals surface area contributed by atoms with Crippen LogP contribution in [0.25, 0.3) is 0 Å². The monoisotopic (exact) mass is 282 g/mol. The van der Waals surface area contributed by atoms with Gasteiger partial charge in [-0.2, -0.15) is 0 Å². The number of hydrogen-bond donors (Lipinski definition) is 1. The van der Waals surface area contributed by atoms with Crippen molar-refractivity contribution in [2.24, 2.45) is 11.3 Å². The Kier molecular flexibility index (Phi) is 5.49. The van der Waals surface area contributed by atoms with Gasteiger partial charge in [-0.15, -0.1) is 0 Å². The van der Waals surface area contributed by atoms with Gasteiger partial charge < -0.3 is 15.0 Å². The van der Waals surface area contributed by atoms with E-state index in [2.05, 4.69) is 37.9 Å². The minimum atomic E-state index is 0.194. The number of piperidine rings is 1. The SMILES string of the molecule is CC1CCCN(CC2(CNC(C)(C)C)CCCOC2)C1. The average Bonchev–Trinajstić information content (AvgIpc) is 2.37. The Morgan fingerprint density at radius 1 is 1.30 bits per heavy atom. The number of ether oxygens (including phenoxy) is 1. The van der Waals surface area contributed by atoms with Crippen LogP contribution in [0.5, 0.6) is 0 Å². The molecule has 0 aromatic heterocycles. The van der Waals surface area contributed by atoms with Gasteiger partial charge in [0.2, 0.25) is 0 Å². The highest BCUT2D eigenvalue weighted by molar-refractivity contribution is 4.90. The summed E-state index contributed by atoms with van der Waals surface area (Å²) in [5, 5.41) is 3.73. The van der Waals surface area contributed by atoms with Gasteiger partial charge in [0.15, 0.2) is 0 Å². The van der Waals surface area contributed by atoms with Crippen LogP contribution in [0.2, 0.25) is 0 Å². The maximum atomic E-state index is 5.85. The molecule has 2 aliphatic heterocycles. The predicted molar refractivity (Wildman–Crippen MR) is 85.1 cm³/mol. The molecule has 2 saturated heterocycles. The Morgan fingerprint density at radius 3 is 2.70 bits per heavy atom. The van der Waals surface area contributed by atoms with E-state index in [1.165, 1.54) is 45.3 Å². The molecule has 0 spiro atoms. The van der Waals surface area contributed by atoms with Crippen molar-refractivity contribution in [1.82, 2.24) is 10.2 Å². The molecule has 0 saturated carbocycles. The van der Waals surface area contributed by atoms with E-state index in [0.717, 1.165) is 25.7 Å². The lowest BCUT2D eigenvalue weighted by Gasteiger charge is -2.44. The van der Waals surface area contributed by atoms with Gasteiger partial charge in [0.1, 0.15) is 0 Å². The van der Waals surface area contributed by atoms with Crippen LogP contribution in [0.4, 0.5) is 0 Å². The quantitative estimate of drug-likeness (QED) is 0.858. The zero-order valence-corrected chi connectivity index (χ0v) is 14.0. The topological polar surface area (TPSA) is 24.5 Å². The highest BCUT2D eigenvalue weighted by Crippen LogP contribution is 2.31. The number of nitrogens with zero attached hydrogens (tertiary/aromatic N) is 1. The molecule has 2 aliphatic rings. The first-order chi connectivity index (χ1) is 9.39.